The van der Waals surface area contributed by atoms with Gasteiger partial charge in [0.25, 0.3) is 0 Å². The molecule has 0 bridgehead atoms. The Balaban J connectivity index is 1.70. The largest absolute Gasteiger partial charge is 0.322 e. The Morgan fingerprint density at radius 3 is 2.50 bits per heavy atom. The summed E-state index contributed by atoms with van der Waals surface area (Å²) in [5, 5.41) is 7.79. The van der Waals surface area contributed by atoms with E-state index < -0.39 is 15.9 Å². The maximum Gasteiger partial charge on any atom is 0.248 e. The number of hydrogen-bond donors (Lipinski definition) is 2. The minimum Gasteiger partial charge on any atom is -0.322 e. The van der Waals surface area contributed by atoms with E-state index in [9.17, 15) is 17.6 Å². The van der Waals surface area contributed by atoms with E-state index in [1.807, 2.05) is 12.1 Å². The lowest BCUT2D eigenvalue weighted by Crippen LogP contribution is -2.15. The second-order valence-corrected chi connectivity index (χ2v) is 8.70. The first-order valence-corrected chi connectivity index (χ1v) is 10.6. The van der Waals surface area contributed by atoms with Crippen LogP contribution in [0.5, 0.6) is 0 Å². The van der Waals surface area contributed by atoms with E-state index in [4.69, 9.17) is 5.14 Å². The molecule has 144 valence electrons. The van der Waals surface area contributed by atoms with E-state index in [0.717, 1.165) is 15.3 Å². The average Bonchev–Trinajstić information content (AvgIpc) is 3.10. The molecular weight excluding hydrogens is 399 g/mol. The third-order valence-corrected chi connectivity index (χ3v) is 6.07. The van der Waals surface area contributed by atoms with Crippen molar-refractivity contribution in [3.8, 4) is 10.4 Å². The summed E-state index contributed by atoms with van der Waals surface area (Å²) in [7, 11) is -3.86. The van der Waals surface area contributed by atoms with Crippen molar-refractivity contribution in [3.63, 3.8) is 0 Å². The molecule has 0 saturated heterocycles. The summed E-state index contributed by atoms with van der Waals surface area (Å²) in [5.74, 6) is -0.695. The Labute approximate surface area is 166 Å². The summed E-state index contributed by atoms with van der Waals surface area (Å²) < 4.78 is 36.2. The molecule has 1 amide bonds. The predicted octanol–water partition coefficient (Wildman–Crippen LogP) is 4.16. The Morgan fingerprint density at radius 1 is 1.11 bits per heavy atom. The predicted molar refractivity (Wildman–Crippen MR) is 110 cm³/mol. The molecule has 3 rings (SSSR count). The molecule has 2 aromatic carbocycles. The smallest absolute Gasteiger partial charge is 0.248 e. The fraction of sp³-hybridized carbons (Fsp3) is 0.0500. The van der Waals surface area contributed by atoms with Crippen LogP contribution in [0.2, 0.25) is 0 Å². The van der Waals surface area contributed by atoms with Crippen molar-refractivity contribution in [3.05, 3.63) is 76.9 Å². The molecule has 28 heavy (non-hydrogen) atoms. The molecule has 8 heteroatoms. The molecule has 0 spiro atoms. The Kier molecular flexibility index (Phi) is 5.73. The number of carbonyl (C=O) groups excluding carboxylic acids is 1. The second-order valence-electron chi connectivity index (χ2n) is 6.06. The second kappa shape index (κ2) is 8.05. The maximum atomic E-state index is 13.0. The highest BCUT2D eigenvalue weighted by atomic mass is 32.2. The minimum absolute atomic E-state index is 0.0310. The highest BCUT2D eigenvalue weighted by Gasteiger charge is 2.12. The molecule has 3 N–H and O–H groups in total. The first kappa shape index (κ1) is 19.9. The molecule has 0 aliphatic carbocycles. The average molecular weight is 416 g/mol. The van der Waals surface area contributed by atoms with Gasteiger partial charge in [-0.15, -0.1) is 11.3 Å². The summed E-state index contributed by atoms with van der Waals surface area (Å²) in [4.78, 5) is 13.9. The Hall–Kier alpha value is -2.81. The van der Waals surface area contributed by atoms with Gasteiger partial charge in [0.1, 0.15) is 5.82 Å². The SMILES string of the molecule is Cc1ccc(NC(=O)/C=C\c2ccc(-c3ccc(F)cc3)s2)cc1S(N)(=O)=O. The topological polar surface area (TPSA) is 89.3 Å². The van der Waals surface area contributed by atoms with Crippen LogP contribution in [0.3, 0.4) is 0 Å². The number of carbonyl (C=O) groups is 1. The molecule has 0 radical (unpaired) electrons. The van der Waals surface area contributed by atoms with Crippen LogP contribution in [0, 0.1) is 12.7 Å². The summed E-state index contributed by atoms with van der Waals surface area (Å²) >= 11 is 1.46. The van der Waals surface area contributed by atoms with Crippen LogP contribution in [-0.4, -0.2) is 14.3 Å². The van der Waals surface area contributed by atoms with Crippen molar-refractivity contribution in [1.82, 2.24) is 0 Å². The maximum absolute atomic E-state index is 13.0. The van der Waals surface area contributed by atoms with E-state index >= 15 is 0 Å². The van der Waals surface area contributed by atoms with E-state index in [-0.39, 0.29) is 10.7 Å². The van der Waals surface area contributed by atoms with E-state index in [0.29, 0.717) is 11.3 Å². The number of aryl methyl sites for hydroxylation is 1. The van der Waals surface area contributed by atoms with Crippen LogP contribution in [0.15, 0.2) is 65.6 Å². The number of primary sulfonamides is 1. The van der Waals surface area contributed by atoms with Crippen LogP contribution in [0.25, 0.3) is 16.5 Å². The lowest BCUT2D eigenvalue weighted by atomic mass is 10.2. The summed E-state index contributed by atoms with van der Waals surface area (Å²) in [6.45, 7) is 1.63. The van der Waals surface area contributed by atoms with Crippen molar-refractivity contribution >= 4 is 39.0 Å². The highest BCUT2D eigenvalue weighted by Crippen LogP contribution is 2.29. The van der Waals surface area contributed by atoms with E-state index in [1.54, 1.807) is 37.3 Å². The monoisotopic (exact) mass is 416 g/mol. The molecule has 0 atom stereocenters. The fourth-order valence-corrected chi connectivity index (χ4v) is 4.26. The number of benzene rings is 2. The van der Waals surface area contributed by atoms with Gasteiger partial charge >= 0.3 is 0 Å². The summed E-state index contributed by atoms with van der Waals surface area (Å²) in [5.41, 5.74) is 1.73. The number of thiophene rings is 1. The number of sulfonamides is 1. The van der Waals surface area contributed by atoms with Gasteiger partial charge in [-0.25, -0.2) is 17.9 Å². The molecule has 3 aromatic rings. The minimum atomic E-state index is -3.86. The third kappa shape index (κ3) is 4.92. The summed E-state index contributed by atoms with van der Waals surface area (Å²) in [6, 6.07) is 14.5. The van der Waals surface area contributed by atoms with Gasteiger partial charge in [-0.1, -0.05) is 18.2 Å². The lowest BCUT2D eigenvalue weighted by Gasteiger charge is -2.07. The van der Waals surface area contributed by atoms with Gasteiger partial charge in [-0.05, 0) is 60.5 Å². The highest BCUT2D eigenvalue weighted by molar-refractivity contribution is 7.89. The van der Waals surface area contributed by atoms with Crippen LogP contribution >= 0.6 is 11.3 Å². The van der Waals surface area contributed by atoms with Gasteiger partial charge < -0.3 is 5.32 Å². The number of amides is 1. The first-order chi connectivity index (χ1) is 13.2. The van der Waals surface area contributed by atoms with Crippen LogP contribution in [0.4, 0.5) is 10.1 Å². The number of halogens is 1. The zero-order valence-corrected chi connectivity index (χ0v) is 16.5. The molecule has 0 saturated carbocycles. The molecule has 0 aliphatic rings. The van der Waals surface area contributed by atoms with Gasteiger partial charge in [0, 0.05) is 21.5 Å². The van der Waals surface area contributed by atoms with Gasteiger partial charge in [0.2, 0.25) is 15.9 Å². The van der Waals surface area contributed by atoms with Crippen LogP contribution in [0.1, 0.15) is 10.4 Å². The number of anilines is 1. The zero-order valence-electron chi connectivity index (χ0n) is 14.8. The molecule has 0 aliphatic heterocycles. The number of nitrogens with one attached hydrogen (secondary N) is 1. The third-order valence-electron chi connectivity index (χ3n) is 3.92. The van der Waals surface area contributed by atoms with Crippen molar-refractivity contribution in [2.24, 2.45) is 5.14 Å². The normalized spacial score (nSPS) is 11.7. The Morgan fingerprint density at radius 2 is 1.82 bits per heavy atom. The van der Waals surface area contributed by atoms with Gasteiger partial charge in [-0.3, -0.25) is 4.79 Å². The van der Waals surface area contributed by atoms with Gasteiger partial charge in [0.05, 0.1) is 4.90 Å². The van der Waals surface area contributed by atoms with Crippen molar-refractivity contribution in [2.75, 3.05) is 5.32 Å². The van der Waals surface area contributed by atoms with Crippen LogP contribution in [-0.2, 0) is 14.8 Å². The molecule has 1 heterocycles. The lowest BCUT2D eigenvalue weighted by molar-refractivity contribution is -0.111. The fourth-order valence-electron chi connectivity index (χ4n) is 2.54. The molecular formula is C20H17FN2O3S2. The van der Waals surface area contributed by atoms with Crippen molar-refractivity contribution < 1.29 is 17.6 Å². The Bertz CT molecular complexity index is 1150. The van der Waals surface area contributed by atoms with Gasteiger partial charge in [0.15, 0.2) is 0 Å². The van der Waals surface area contributed by atoms with E-state index in [1.165, 1.54) is 35.6 Å². The summed E-state index contributed by atoms with van der Waals surface area (Å²) in [6.07, 6.45) is 3.01. The quantitative estimate of drug-likeness (QED) is 0.612. The number of rotatable bonds is 5. The van der Waals surface area contributed by atoms with Gasteiger partial charge in [-0.2, -0.15) is 0 Å². The van der Waals surface area contributed by atoms with Crippen molar-refractivity contribution in [1.29, 1.82) is 0 Å². The molecule has 5 nitrogen and oxygen atoms in total. The molecule has 0 unspecified atom stereocenters. The van der Waals surface area contributed by atoms with Crippen LogP contribution < -0.4 is 10.5 Å². The number of hydrogen-bond acceptors (Lipinski definition) is 4. The molecule has 1 aromatic heterocycles. The van der Waals surface area contributed by atoms with E-state index in [2.05, 4.69) is 5.32 Å². The van der Waals surface area contributed by atoms with Crippen molar-refractivity contribution in [2.45, 2.75) is 11.8 Å². The number of nitrogens with two attached hydrogens (primary N) is 1. The zero-order chi connectivity index (χ0) is 20.3. The first-order valence-electron chi connectivity index (χ1n) is 8.21. The molecule has 0 fully saturated rings. The standard InChI is InChI=1S/C20H17FN2O3S2/c1-13-2-7-16(12-19(13)28(22,25)26)23-20(24)11-9-17-8-10-18(27-17)14-3-5-15(21)6-4-14/h2-12H,1H3,(H,23,24)(H2,22,25,26)/b11-9-.